The van der Waals surface area contributed by atoms with Crippen LogP contribution in [-0.4, -0.2) is 17.4 Å². The van der Waals surface area contributed by atoms with Crippen LogP contribution in [-0.2, 0) is 10.8 Å². The molecule has 4 nitrogen and oxygen atoms in total. The van der Waals surface area contributed by atoms with E-state index in [1.54, 1.807) is 12.1 Å². The van der Waals surface area contributed by atoms with Gasteiger partial charge in [0.1, 0.15) is 11.5 Å². The van der Waals surface area contributed by atoms with E-state index in [2.05, 4.69) is 27.7 Å². The SMILES string of the molecule is CC(=O)c1cc2c(cc1Cl)C(C)(C)CC1(CC(C)(C)c3cc(Cl)c(C(C)=O)cc3O1)O2. The van der Waals surface area contributed by atoms with Gasteiger partial charge in [-0.2, -0.15) is 0 Å². The summed E-state index contributed by atoms with van der Waals surface area (Å²) in [5.41, 5.74) is 2.12. The van der Waals surface area contributed by atoms with E-state index in [1.807, 2.05) is 12.1 Å². The molecular formula is C25H26Cl2O4. The molecule has 0 amide bonds. The fourth-order valence-electron chi connectivity index (χ4n) is 5.04. The maximum atomic E-state index is 12.1. The summed E-state index contributed by atoms with van der Waals surface area (Å²) in [6, 6.07) is 7.10. The number of hydrogen-bond donors (Lipinski definition) is 0. The number of ether oxygens (including phenoxy) is 2. The highest BCUT2D eigenvalue weighted by molar-refractivity contribution is 6.34. The van der Waals surface area contributed by atoms with Crippen LogP contribution < -0.4 is 9.47 Å². The van der Waals surface area contributed by atoms with Crippen LogP contribution in [0.3, 0.4) is 0 Å². The van der Waals surface area contributed by atoms with Crippen molar-refractivity contribution < 1.29 is 19.1 Å². The molecular weight excluding hydrogens is 435 g/mol. The predicted molar refractivity (Wildman–Crippen MR) is 122 cm³/mol. The molecule has 31 heavy (non-hydrogen) atoms. The van der Waals surface area contributed by atoms with Crippen molar-refractivity contribution in [2.75, 3.05) is 0 Å². The summed E-state index contributed by atoms with van der Waals surface area (Å²) in [4.78, 5) is 24.1. The van der Waals surface area contributed by atoms with E-state index in [1.165, 1.54) is 13.8 Å². The van der Waals surface area contributed by atoms with Crippen molar-refractivity contribution in [1.29, 1.82) is 0 Å². The molecule has 0 saturated heterocycles. The molecule has 0 saturated carbocycles. The summed E-state index contributed by atoms with van der Waals surface area (Å²) in [7, 11) is 0. The molecule has 2 aliphatic heterocycles. The zero-order valence-corrected chi connectivity index (χ0v) is 20.1. The van der Waals surface area contributed by atoms with Crippen LogP contribution in [0.1, 0.15) is 86.2 Å². The average molecular weight is 461 g/mol. The zero-order valence-electron chi connectivity index (χ0n) is 18.6. The van der Waals surface area contributed by atoms with Crippen molar-refractivity contribution in [3.8, 4) is 11.5 Å². The van der Waals surface area contributed by atoms with Gasteiger partial charge >= 0.3 is 0 Å². The molecule has 2 aromatic carbocycles. The van der Waals surface area contributed by atoms with Crippen molar-refractivity contribution in [2.45, 2.75) is 71.0 Å². The monoisotopic (exact) mass is 460 g/mol. The first-order chi connectivity index (χ1) is 14.2. The molecule has 0 bridgehead atoms. The Morgan fingerprint density at radius 1 is 0.742 bits per heavy atom. The van der Waals surface area contributed by atoms with Gasteiger partial charge in [-0.05, 0) is 38.1 Å². The quantitative estimate of drug-likeness (QED) is 0.456. The van der Waals surface area contributed by atoms with Crippen molar-refractivity contribution >= 4 is 34.8 Å². The number of carbonyl (C=O) groups is 2. The number of ketones is 2. The highest BCUT2D eigenvalue weighted by Gasteiger charge is 2.53. The standard InChI is InChI=1S/C25H26Cl2O4/c1-13(28)15-7-21-17(9-19(15)26)23(3,4)11-25(30-21)12-24(5,6)18-10-20(27)16(14(2)29)8-22(18)31-25/h7-10H,11-12H2,1-6H3. The number of fused-ring (bicyclic) bond motifs is 2. The van der Waals surface area contributed by atoms with Gasteiger partial charge in [-0.25, -0.2) is 0 Å². The van der Waals surface area contributed by atoms with Gasteiger partial charge in [0.05, 0.1) is 10.0 Å². The molecule has 6 heteroatoms. The molecule has 0 unspecified atom stereocenters. The van der Waals surface area contributed by atoms with Crippen LogP contribution in [0.25, 0.3) is 0 Å². The minimum absolute atomic E-state index is 0.121. The highest BCUT2D eigenvalue weighted by Crippen LogP contribution is 2.54. The van der Waals surface area contributed by atoms with Gasteiger partial charge < -0.3 is 9.47 Å². The van der Waals surface area contributed by atoms with Gasteiger partial charge in [-0.15, -0.1) is 0 Å². The molecule has 0 aromatic heterocycles. The van der Waals surface area contributed by atoms with Crippen molar-refractivity contribution in [3.63, 3.8) is 0 Å². The summed E-state index contributed by atoms with van der Waals surface area (Å²) in [6.45, 7) is 11.5. The van der Waals surface area contributed by atoms with E-state index in [4.69, 9.17) is 32.7 Å². The normalized spacial score (nSPS) is 19.6. The maximum absolute atomic E-state index is 12.1. The Hall–Kier alpha value is -2.04. The Morgan fingerprint density at radius 2 is 1.10 bits per heavy atom. The molecule has 0 N–H and O–H groups in total. The van der Waals surface area contributed by atoms with Gasteiger partial charge in [0.2, 0.25) is 0 Å². The smallest absolute Gasteiger partial charge is 0.252 e. The van der Waals surface area contributed by atoms with Crippen LogP contribution in [0, 0.1) is 0 Å². The van der Waals surface area contributed by atoms with Crippen LogP contribution in [0.2, 0.25) is 10.0 Å². The molecule has 1 spiro atoms. The second kappa shape index (κ2) is 6.98. The molecule has 0 aliphatic carbocycles. The first kappa shape index (κ1) is 22.2. The van der Waals surface area contributed by atoms with Crippen molar-refractivity contribution in [2.24, 2.45) is 0 Å². The van der Waals surface area contributed by atoms with Gasteiger partial charge in [0.15, 0.2) is 11.6 Å². The minimum Gasteiger partial charge on any atom is -0.452 e. The summed E-state index contributed by atoms with van der Waals surface area (Å²) >= 11 is 12.8. The fraction of sp³-hybridized carbons (Fsp3) is 0.440. The van der Waals surface area contributed by atoms with Gasteiger partial charge in [0, 0.05) is 45.9 Å². The Kier molecular flexibility index (Phi) is 4.99. The topological polar surface area (TPSA) is 52.6 Å². The number of Topliss-reactive ketones (excluding diaryl/α,β-unsaturated/α-hetero) is 2. The van der Waals surface area contributed by atoms with E-state index >= 15 is 0 Å². The van der Waals surface area contributed by atoms with Gasteiger partial charge in [-0.3, -0.25) is 9.59 Å². The molecule has 2 heterocycles. The molecule has 0 radical (unpaired) electrons. The average Bonchev–Trinajstić information content (AvgIpc) is 2.61. The van der Waals surface area contributed by atoms with E-state index in [-0.39, 0.29) is 22.4 Å². The molecule has 2 aliphatic rings. The third kappa shape index (κ3) is 3.64. The predicted octanol–water partition coefficient (Wildman–Crippen LogP) is 6.92. The molecule has 164 valence electrons. The number of hydrogen-bond acceptors (Lipinski definition) is 4. The Labute approximate surface area is 192 Å². The largest absolute Gasteiger partial charge is 0.452 e. The van der Waals surface area contributed by atoms with Crippen LogP contribution >= 0.6 is 23.2 Å². The molecule has 0 fully saturated rings. The van der Waals surface area contributed by atoms with Crippen LogP contribution in [0.15, 0.2) is 24.3 Å². The molecule has 2 aromatic rings. The highest BCUT2D eigenvalue weighted by atomic mass is 35.5. The Bertz CT molecular complexity index is 1040. The van der Waals surface area contributed by atoms with Crippen molar-refractivity contribution in [1.82, 2.24) is 0 Å². The number of benzene rings is 2. The third-order valence-electron chi connectivity index (χ3n) is 6.37. The number of rotatable bonds is 2. The second-order valence-electron chi connectivity index (χ2n) is 10.0. The molecule has 4 rings (SSSR count). The molecule has 0 atom stereocenters. The van der Waals surface area contributed by atoms with E-state index < -0.39 is 5.79 Å². The first-order valence-electron chi connectivity index (χ1n) is 10.3. The summed E-state index contributed by atoms with van der Waals surface area (Å²) in [5, 5.41) is 0.852. The van der Waals surface area contributed by atoms with Gasteiger partial charge in [-0.1, -0.05) is 50.9 Å². The minimum atomic E-state index is -0.948. The van der Waals surface area contributed by atoms with Crippen LogP contribution in [0.4, 0.5) is 0 Å². The zero-order chi connectivity index (χ0) is 22.9. The lowest BCUT2D eigenvalue weighted by atomic mass is 9.69. The van der Waals surface area contributed by atoms with Crippen LogP contribution in [0.5, 0.6) is 11.5 Å². The lowest BCUT2D eigenvalue weighted by molar-refractivity contribution is -0.166. The van der Waals surface area contributed by atoms with E-state index in [0.717, 1.165) is 11.1 Å². The van der Waals surface area contributed by atoms with E-state index in [9.17, 15) is 9.59 Å². The fourth-order valence-corrected chi connectivity index (χ4v) is 5.63. The maximum Gasteiger partial charge on any atom is 0.252 e. The summed E-state index contributed by atoms with van der Waals surface area (Å²) in [6.07, 6.45) is 1.17. The summed E-state index contributed by atoms with van der Waals surface area (Å²) < 4.78 is 13.0. The van der Waals surface area contributed by atoms with Gasteiger partial charge in [0.25, 0.3) is 5.79 Å². The Morgan fingerprint density at radius 3 is 1.42 bits per heavy atom. The number of carbonyl (C=O) groups excluding carboxylic acids is 2. The number of halogens is 2. The van der Waals surface area contributed by atoms with Crippen molar-refractivity contribution in [3.05, 3.63) is 56.6 Å². The first-order valence-corrected chi connectivity index (χ1v) is 11.1. The Balaban J connectivity index is 1.86. The van der Waals surface area contributed by atoms with E-state index in [0.29, 0.717) is 45.5 Å². The lowest BCUT2D eigenvalue weighted by Crippen LogP contribution is -2.55. The third-order valence-corrected chi connectivity index (χ3v) is 7.00. The second-order valence-corrected chi connectivity index (χ2v) is 10.8. The lowest BCUT2D eigenvalue weighted by Gasteiger charge is -2.51. The summed E-state index contributed by atoms with van der Waals surface area (Å²) in [5.74, 6) is 0.0166.